The van der Waals surface area contributed by atoms with Crippen LogP contribution >= 0.6 is 0 Å². The Morgan fingerprint density at radius 3 is 2.08 bits per heavy atom. The van der Waals surface area contributed by atoms with Crippen LogP contribution in [0.1, 0.15) is 26.7 Å². The lowest BCUT2D eigenvalue weighted by molar-refractivity contribution is -0.896. The van der Waals surface area contributed by atoms with E-state index in [1.54, 1.807) is 0 Å². The third-order valence-corrected chi connectivity index (χ3v) is 3.56. The molecule has 0 amide bonds. The maximum Gasteiger partial charge on any atom is 0.0785 e. The molecule has 0 bridgehead atoms. The number of nitrogens with zero attached hydrogens (tertiary/aromatic N) is 1. The normalized spacial score (nSPS) is 23.9. The van der Waals surface area contributed by atoms with Gasteiger partial charge in [0.25, 0.3) is 0 Å². The van der Waals surface area contributed by atoms with E-state index < -0.39 is 0 Å². The summed E-state index contributed by atoms with van der Waals surface area (Å²) in [5.74, 6) is 3.66. The van der Waals surface area contributed by atoms with Crippen molar-refractivity contribution in [1.29, 1.82) is 0 Å². The first-order chi connectivity index (χ1) is 5.87. The highest BCUT2D eigenvalue weighted by Gasteiger charge is 2.34. The summed E-state index contributed by atoms with van der Waals surface area (Å²) in [5.41, 5.74) is 0.0976. The van der Waals surface area contributed by atoms with Crippen molar-refractivity contribution < 1.29 is 4.48 Å². The SMILES string of the molecule is C#CC(C)(C)C1CC[N+](C)(C)CC1. The number of hydrogen-bond donors (Lipinski definition) is 0. The fourth-order valence-electron chi connectivity index (χ4n) is 2.11. The molecule has 0 atom stereocenters. The summed E-state index contributed by atoms with van der Waals surface area (Å²) in [6.07, 6.45) is 8.11. The number of likely N-dealkylation sites (tertiary alicyclic amines) is 1. The van der Waals surface area contributed by atoms with E-state index in [0.717, 1.165) is 10.4 Å². The average Bonchev–Trinajstić information content (AvgIpc) is 2.04. The smallest absolute Gasteiger partial charge is 0.0785 e. The van der Waals surface area contributed by atoms with E-state index in [-0.39, 0.29) is 5.41 Å². The Morgan fingerprint density at radius 2 is 1.69 bits per heavy atom. The second kappa shape index (κ2) is 3.35. The van der Waals surface area contributed by atoms with Crippen LogP contribution in [0.3, 0.4) is 0 Å². The molecule has 1 rings (SSSR count). The van der Waals surface area contributed by atoms with Gasteiger partial charge < -0.3 is 4.48 Å². The molecular weight excluding hydrogens is 158 g/mol. The van der Waals surface area contributed by atoms with Gasteiger partial charge in [0.05, 0.1) is 27.2 Å². The molecule has 0 spiro atoms. The van der Waals surface area contributed by atoms with E-state index in [4.69, 9.17) is 6.42 Å². The van der Waals surface area contributed by atoms with Gasteiger partial charge in [-0.25, -0.2) is 0 Å². The lowest BCUT2D eigenvalue weighted by Gasteiger charge is -2.41. The molecule has 1 aliphatic rings. The Kier molecular flexibility index (Phi) is 2.73. The quantitative estimate of drug-likeness (QED) is 0.428. The molecule has 0 aromatic carbocycles. The molecule has 1 heterocycles. The van der Waals surface area contributed by atoms with E-state index in [0.29, 0.717) is 0 Å². The fourth-order valence-corrected chi connectivity index (χ4v) is 2.11. The molecule has 0 saturated carbocycles. The van der Waals surface area contributed by atoms with Crippen LogP contribution in [0.2, 0.25) is 0 Å². The van der Waals surface area contributed by atoms with E-state index in [2.05, 4.69) is 33.9 Å². The molecule has 74 valence electrons. The molecule has 0 radical (unpaired) electrons. The zero-order chi connectivity index (χ0) is 10.1. The first-order valence-electron chi connectivity index (χ1n) is 5.17. The monoisotopic (exact) mass is 180 g/mol. The Labute approximate surface area is 82.7 Å². The predicted octanol–water partition coefficient (Wildman–Crippen LogP) is 2.13. The molecule has 1 fully saturated rings. The minimum absolute atomic E-state index is 0.0976. The van der Waals surface area contributed by atoms with Gasteiger partial charge >= 0.3 is 0 Å². The van der Waals surface area contributed by atoms with Crippen molar-refractivity contribution in [2.75, 3.05) is 27.2 Å². The van der Waals surface area contributed by atoms with E-state index in [1.165, 1.54) is 25.9 Å². The molecule has 0 aromatic heterocycles. The van der Waals surface area contributed by atoms with Crippen LogP contribution in [0.25, 0.3) is 0 Å². The third-order valence-electron chi connectivity index (χ3n) is 3.56. The van der Waals surface area contributed by atoms with Crippen LogP contribution in [-0.4, -0.2) is 31.7 Å². The maximum absolute atomic E-state index is 5.55. The molecule has 13 heavy (non-hydrogen) atoms. The number of terminal acetylenes is 1. The fraction of sp³-hybridized carbons (Fsp3) is 0.833. The summed E-state index contributed by atoms with van der Waals surface area (Å²) >= 11 is 0. The topological polar surface area (TPSA) is 0 Å². The van der Waals surface area contributed by atoms with Gasteiger partial charge in [0.2, 0.25) is 0 Å². The van der Waals surface area contributed by atoms with Crippen molar-refractivity contribution in [2.24, 2.45) is 11.3 Å². The lowest BCUT2D eigenvalue weighted by atomic mass is 9.74. The molecule has 0 N–H and O–H groups in total. The van der Waals surface area contributed by atoms with E-state index in [1.807, 2.05) is 0 Å². The number of rotatable bonds is 1. The first-order valence-corrected chi connectivity index (χ1v) is 5.17. The number of quaternary nitrogens is 1. The first kappa shape index (κ1) is 10.6. The molecule has 1 saturated heterocycles. The van der Waals surface area contributed by atoms with Crippen LogP contribution in [0.15, 0.2) is 0 Å². The Balaban J connectivity index is 2.56. The van der Waals surface area contributed by atoms with Crippen molar-refractivity contribution in [3.05, 3.63) is 0 Å². The maximum atomic E-state index is 5.55. The lowest BCUT2D eigenvalue weighted by Crippen LogP contribution is -2.48. The number of piperidine rings is 1. The minimum Gasteiger partial charge on any atom is -0.328 e. The van der Waals surface area contributed by atoms with Crippen LogP contribution in [-0.2, 0) is 0 Å². The Hall–Kier alpha value is -0.480. The summed E-state index contributed by atoms with van der Waals surface area (Å²) in [7, 11) is 4.61. The number of hydrogen-bond acceptors (Lipinski definition) is 0. The van der Waals surface area contributed by atoms with Gasteiger partial charge in [-0.3, -0.25) is 0 Å². The average molecular weight is 180 g/mol. The van der Waals surface area contributed by atoms with Crippen molar-refractivity contribution in [1.82, 2.24) is 0 Å². The van der Waals surface area contributed by atoms with Gasteiger partial charge in [0.1, 0.15) is 0 Å². The zero-order valence-corrected chi connectivity index (χ0v) is 9.43. The third kappa shape index (κ3) is 2.48. The van der Waals surface area contributed by atoms with Gasteiger partial charge in [-0.05, 0) is 19.8 Å². The summed E-state index contributed by atoms with van der Waals surface area (Å²) in [5, 5.41) is 0. The summed E-state index contributed by atoms with van der Waals surface area (Å²) in [6, 6.07) is 0. The Bertz CT molecular complexity index is 210. The van der Waals surface area contributed by atoms with Crippen LogP contribution in [0, 0.1) is 23.7 Å². The van der Waals surface area contributed by atoms with Gasteiger partial charge in [-0.1, -0.05) is 0 Å². The van der Waals surface area contributed by atoms with Gasteiger partial charge in [-0.2, -0.15) is 0 Å². The molecule has 1 nitrogen and oxygen atoms in total. The Morgan fingerprint density at radius 1 is 1.23 bits per heavy atom. The predicted molar refractivity (Wildman–Crippen MR) is 57.2 cm³/mol. The highest BCUT2D eigenvalue weighted by Crippen LogP contribution is 2.35. The van der Waals surface area contributed by atoms with Crippen molar-refractivity contribution in [3.8, 4) is 12.3 Å². The van der Waals surface area contributed by atoms with Crippen molar-refractivity contribution in [2.45, 2.75) is 26.7 Å². The van der Waals surface area contributed by atoms with Crippen LogP contribution in [0.5, 0.6) is 0 Å². The van der Waals surface area contributed by atoms with Crippen LogP contribution in [0.4, 0.5) is 0 Å². The largest absolute Gasteiger partial charge is 0.328 e. The van der Waals surface area contributed by atoms with Crippen molar-refractivity contribution in [3.63, 3.8) is 0 Å². The minimum atomic E-state index is 0.0976. The second-order valence-corrected chi connectivity index (χ2v) is 5.52. The highest BCUT2D eigenvalue weighted by atomic mass is 15.3. The molecule has 0 aromatic rings. The molecule has 1 aliphatic heterocycles. The van der Waals surface area contributed by atoms with Gasteiger partial charge in [-0.15, -0.1) is 12.3 Å². The summed E-state index contributed by atoms with van der Waals surface area (Å²) in [6.45, 7) is 6.94. The summed E-state index contributed by atoms with van der Waals surface area (Å²) in [4.78, 5) is 0. The standard InChI is InChI=1S/C12H22N/c1-6-12(2,3)11-7-9-13(4,5)10-8-11/h1,11H,7-10H2,2-5H3/q+1. The zero-order valence-electron chi connectivity index (χ0n) is 9.43. The van der Waals surface area contributed by atoms with Gasteiger partial charge in [0, 0.05) is 18.3 Å². The molecule has 0 aliphatic carbocycles. The van der Waals surface area contributed by atoms with Crippen LogP contribution < -0.4 is 0 Å². The van der Waals surface area contributed by atoms with Crippen molar-refractivity contribution >= 4 is 0 Å². The van der Waals surface area contributed by atoms with E-state index in [9.17, 15) is 0 Å². The van der Waals surface area contributed by atoms with E-state index >= 15 is 0 Å². The second-order valence-electron chi connectivity index (χ2n) is 5.52. The molecular formula is C12H22N+. The van der Waals surface area contributed by atoms with Gasteiger partial charge in [0.15, 0.2) is 0 Å². The highest BCUT2D eigenvalue weighted by molar-refractivity contribution is 5.04. The summed E-state index contributed by atoms with van der Waals surface area (Å²) < 4.78 is 1.16. The molecule has 0 unspecified atom stereocenters. The molecule has 1 heteroatoms.